The highest BCUT2D eigenvalue weighted by Crippen LogP contribution is 2.17. The molecule has 0 radical (unpaired) electrons. The third-order valence-corrected chi connectivity index (χ3v) is 1.34. The maximum absolute atomic E-state index is 5.24. The third-order valence-electron chi connectivity index (χ3n) is 1.34. The smallest absolute Gasteiger partial charge is 0.291 e. The van der Waals surface area contributed by atoms with Crippen molar-refractivity contribution < 1.29 is 9.15 Å². The molecule has 0 N–H and O–H groups in total. The van der Waals surface area contributed by atoms with Crippen LogP contribution in [0.2, 0.25) is 0 Å². The largest absolute Gasteiger partial charge is 0.434 e. The Morgan fingerprint density at radius 3 is 2.83 bits per heavy atom. The molecular formula is C9H7NO2. The lowest BCUT2D eigenvalue weighted by Gasteiger charge is -1.97. The van der Waals surface area contributed by atoms with Crippen LogP contribution in [0, 0.1) is 0 Å². The van der Waals surface area contributed by atoms with Crippen LogP contribution in [-0.4, -0.2) is 4.98 Å². The Bertz CT molecular complexity index is 329. The Labute approximate surface area is 69.6 Å². The van der Waals surface area contributed by atoms with E-state index in [1.54, 1.807) is 30.7 Å². The van der Waals surface area contributed by atoms with Crippen LogP contribution in [0.4, 0.5) is 0 Å². The molecule has 2 aromatic rings. The molecule has 60 valence electrons. The highest BCUT2D eigenvalue weighted by Gasteiger charge is 1.97. The molecule has 0 aliphatic heterocycles. The Kier molecular flexibility index (Phi) is 1.78. The zero-order valence-corrected chi connectivity index (χ0v) is 6.31. The van der Waals surface area contributed by atoms with Crippen molar-refractivity contribution in [2.24, 2.45) is 0 Å². The van der Waals surface area contributed by atoms with Gasteiger partial charge >= 0.3 is 0 Å². The number of furan rings is 1. The van der Waals surface area contributed by atoms with Gasteiger partial charge in [-0.05, 0) is 12.1 Å². The number of hydrogen-bond acceptors (Lipinski definition) is 3. The van der Waals surface area contributed by atoms with Gasteiger partial charge in [0.1, 0.15) is 0 Å². The second-order valence-corrected chi connectivity index (χ2v) is 2.20. The van der Waals surface area contributed by atoms with Gasteiger partial charge < -0.3 is 9.15 Å². The molecule has 2 rings (SSSR count). The normalized spacial score (nSPS) is 9.67. The Morgan fingerprint density at radius 2 is 2.17 bits per heavy atom. The van der Waals surface area contributed by atoms with E-state index in [9.17, 15) is 0 Å². The average Bonchev–Trinajstić information content (AvgIpc) is 2.59. The standard InChI is InChI=1S/C9H7NO2/c1-2-6-10-8(4-1)12-9-5-3-7-11-9/h1-7H. The number of nitrogens with zero attached hydrogens (tertiary/aromatic N) is 1. The molecule has 2 aromatic heterocycles. The first-order valence-electron chi connectivity index (χ1n) is 3.57. The zero-order valence-electron chi connectivity index (χ0n) is 6.31. The highest BCUT2D eigenvalue weighted by molar-refractivity contribution is 5.16. The molecule has 2 heterocycles. The van der Waals surface area contributed by atoms with E-state index in [0.29, 0.717) is 11.8 Å². The van der Waals surface area contributed by atoms with Crippen LogP contribution in [0.5, 0.6) is 11.8 Å². The third kappa shape index (κ3) is 1.45. The summed E-state index contributed by atoms with van der Waals surface area (Å²) in [4.78, 5) is 3.97. The van der Waals surface area contributed by atoms with Crippen molar-refractivity contribution in [2.45, 2.75) is 0 Å². The molecule has 0 aromatic carbocycles. The van der Waals surface area contributed by atoms with Gasteiger partial charge in [0, 0.05) is 18.3 Å². The summed E-state index contributed by atoms with van der Waals surface area (Å²) < 4.78 is 10.2. The van der Waals surface area contributed by atoms with Crippen molar-refractivity contribution in [1.82, 2.24) is 4.98 Å². The number of hydrogen-bond donors (Lipinski definition) is 0. The zero-order chi connectivity index (χ0) is 8.23. The second kappa shape index (κ2) is 3.09. The molecule has 0 bridgehead atoms. The van der Waals surface area contributed by atoms with E-state index >= 15 is 0 Å². The molecule has 0 spiro atoms. The Balaban J connectivity index is 2.15. The summed E-state index contributed by atoms with van der Waals surface area (Å²) in [5.74, 6) is 0.987. The van der Waals surface area contributed by atoms with Crippen LogP contribution < -0.4 is 4.74 Å². The molecule has 0 fully saturated rings. The molecule has 0 aliphatic carbocycles. The van der Waals surface area contributed by atoms with Gasteiger partial charge in [-0.3, -0.25) is 0 Å². The van der Waals surface area contributed by atoms with Gasteiger partial charge in [-0.2, -0.15) is 0 Å². The molecular weight excluding hydrogens is 154 g/mol. The van der Waals surface area contributed by atoms with E-state index in [0.717, 1.165) is 0 Å². The number of rotatable bonds is 2. The Hall–Kier alpha value is -1.77. The summed E-state index contributed by atoms with van der Waals surface area (Å²) in [6, 6.07) is 8.94. The van der Waals surface area contributed by atoms with Crippen LogP contribution in [0.3, 0.4) is 0 Å². The summed E-state index contributed by atoms with van der Waals surface area (Å²) in [6.45, 7) is 0. The van der Waals surface area contributed by atoms with Gasteiger partial charge in [-0.1, -0.05) is 6.07 Å². The molecule has 0 aliphatic rings. The van der Waals surface area contributed by atoms with Gasteiger partial charge in [0.05, 0.1) is 6.26 Å². The van der Waals surface area contributed by atoms with Gasteiger partial charge in [0.15, 0.2) is 0 Å². The van der Waals surface area contributed by atoms with E-state index in [-0.39, 0.29) is 0 Å². The lowest BCUT2D eigenvalue weighted by Crippen LogP contribution is -1.83. The van der Waals surface area contributed by atoms with Crippen LogP contribution in [0.25, 0.3) is 0 Å². The van der Waals surface area contributed by atoms with Crippen molar-refractivity contribution in [3.05, 3.63) is 42.8 Å². The predicted octanol–water partition coefficient (Wildman–Crippen LogP) is 2.47. The van der Waals surface area contributed by atoms with E-state index in [2.05, 4.69) is 4.98 Å². The van der Waals surface area contributed by atoms with Crippen molar-refractivity contribution in [3.8, 4) is 11.8 Å². The lowest BCUT2D eigenvalue weighted by molar-refractivity contribution is 0.337. The lowest BCUT2D eigenvalue weighted by atomic mass is 10.5. The number of pyridine rings is 1. The van der Waals surface area contributed by atoms with Gasteiger partial charge in [0.25, 0.3) is 5.95 Å². The van der Waals surface area contributed by atoms with E-state index in [4.69, 9.17) is 9.15 Å². The van der Waals surface area contributed by atoms with E-state index in [1.165, 1.54) is 0 Å². The van der Waals surface area contributed by atoms with Crippen molar-refractivity contribution in [2.75, 3.05) is 0 Å². The summed E-state index contributed by atoms with van der Waals surface area (Å²) in [7, 11) is 0. The molecule has 0 saturated carbocycles. The summed E-state index contributed by atoms with van der Waals surface area (Å²) >= 11 is 0. The highest BCUT2D eigenvalue weighted by atomic mass is 16.6. The minimum atomic E-state index is 0.453. The molecule has 3 nitrogen and oxygen atoms in total. The fourth-order valence-electron chi connectivity index (χ4n) is 0.832. The molecule has 0 atom stereocenters. The fourth-order valence-corrected chi connectivity index (χ4v) is 0.832. The molecule has 3 heteroatoms. The average molecular weight is 161 g/mol. The molecule has 0 amide bonds. The first-order chi connectivity index (χ1) is 5.95. The topological polar surface area (TPSA) is 35.3 Å². The molecule has 12 heavy (non-hydrogen) atoms. The Morgan fingerprint density at radius 1 is 1.17 bits per heavy atom. The maximum Gasteiger partial charge on any atom is 0.291 e. The monoisotopic (exact) mass is 161 g/mol. The summed E-state index contributed by atoms with van der Waals surface area (Å²) in [5, 5.41) is 0. The number of ether oxygens (including phenoxy) is 1. The van der Waals surface area contributed by atoms with E-state index in [1.807, 2.05) is 12.1 Å². The van der Waals surface area contributed by atoms with Crippen LogP contribution in [0.15, 0.2) is 47.2 Å². The van der Waals surface area contributed by atoms with Crippen LogP contribution in [0.1, 0.15) is 0 Å². The van der Waals surface area contributed by atoms with E-state index < -0.39 is 0 Å². The molecule has 0 unspecified atom stereocenters. The first kappa shape index (κ1) is 6.91. The molecule has 0 saturated heterocycles. The second-order valence-electron chi connectivity index (χ2n) is 2.20. The SMILES string of the molecule is c1ccc(Oc2ccco2)nc1. The fraction of sp³-hybridized carbons (Fsp3) is 0. The van der Waals surface area contributed by atoms with Gasteiger partial charge in [-0.15, -0.1) is 0 Å². The summed E-state index contributed by atoms with van der Waals surface area (Å²) in [6.07, 6.45) is 3.22. The first-order valence-corrected chi connectivity index (χ1v) is 3.57. The summed E-state index contributed by atoms with van der Waals surface area (Å²) in [5.41, 5.74) is 0. The van der Waals surface area contributed by atoms with Crippen LogP contribution >= 0.6 is 0 Å². The minimum absolute atomic E-state index is 0.453. The maximum atomic E-state index is 5.24. The van der Waals surface area contributed by atoms with Crippen molar-refractivity contribution in [1.29, 1.82) is 0 Å². The van der Waals surface area contributed by atoms with Crippen molar-refractivity contribution >= 4 is 0 Å². The van der Waals surface area contributed by atoms with Crippen LogP contribution in [-0.2, 0) is 0 Å². The van der Waals surface area contributed by atoms with Gasteiger partial charge in [0.2, 0.25) is 5.88 Å². The number of aromatic nitrogens is 1. The van der Waals surface area contributed by atoms with Gasteiger partial charge in [-0.25, -0.2) is 4.98 Å². The quantitative estimate of drug-likeness (QED) is 0.678. The minimum Gasteiger partial charge on any atom is -0.434 e. The predicted molar refractivity (Wildman–Crippen MR) is 43.0 cm³/mol. The van der Waals surface area contributed by atoms with Crippen molar-refractivity contribution in [3.63, 3.8) is 0 Å².